The summed E-state index contributed by atoms with van der Waals surface area (Å²) in [5.41, 5.74) is 2.53. The Morgan fingerprint density at radius 1 is 0.784 bits per heavy atom. The second-order valence-corrected chi connectivity index (χ2v) is 8.41. The highest BCUT2D eigenvalue weighted by Crippen LogP contribution is 2.22. The summed E-state index contributed by atoms with van der Waals surface area (Å²) in [5.74, 6) is 0.776. The smallest absolute Gasteiger partial charge is 0.249 e. The molecule has 0 spiro atoms. The first-order valence-electron chi connectivity index (χ1n) is 12.1. The van der Waals surface area contributed by atoms with E-state index in [1.54, 1.807) is 36.7 Å². The van der Waals surface area contributed by atoms with Gasteiger partial charge in [-0.05, 0) is 60.0 Å². The van der Waals surface area contributed by atoms with Crippen LogP contribution in [-0.2, 0) is 27.4 Å². The van der Waals surface area contributed by atoms with Crippen LogP contribution in [0.3, 0.4) is 0 Å². The fourth-order valence-electron chi connectivity index (χ4n) is 3.58. The molecular weight excluding hydrogens is 466 g/mol. The molecule has 37 heavy (non-hydrogen) atoms. The Morgan fingerprint density at radius 3 is 2.16 bits per heavy atom. The number of aryl methyl sites for hydroxylation is 1. The van der Waals surface area contributed by atoms with Gasteiger partial charge in [-0.25, -0.2) is 0 Å². The molecule has 3 aromatic carbocycles. The molecule has 2 amide bonds. The van der Waals surface area contributed by atoms with Gasteiger partial charge in [-0.3, -0.25) is 14.6 Å². The van der Waals surface area contributed by atoms with Crippen LogP contribution in [-0.4, -0.2) is 29.4 Å². The van der Waals surface area contributed by atoms with Crippen LogP contribution < -0.4 is 15.4 Å². The van der Waals surface area contributed by atoms with Crippen LogP contribution in [0.2, 0.25) is 0 Å². The minimum absolute atomic E-state index is 0.0363. The number of amides is 2. The van der Waals surface area contributed by atoms with E-state index in [1.165, 1.54) is 0 Å². The van der Waals surface area contributed by atoms with Crippen molar-refractivity contribution in [1.29, 1.82) is 0 Å². The number of carbonyl (C=O) groups is 2. The number of hydrogen-bond donors (Lipinski definition) is 2. The summed E-state index contributed by atoms with van der Waals surface area (Å²) < 4.78 is 11.6. The van der Waals surface area contributed by atoms with Gasteiger partial charge in [0.25, 0.3) is 0 Å². The Balaban J connectivity index is 1.35. The van der Waals surface area contributed by atoms with E-state index < -0.39 is 6.04 Å². The van der Waals surface area contributed by atoms with Gasteiger partial charge in [0.1, 0.15) is 17.5 Å². The Morgan fingerprint density at radius 2 is 1.46 bits per heavy atom. The molecule has 0 radical (unpaired) electrons. The van der Waals surface area contributed by atoms with Crippen molar-refractivity contribution in [1.82, 2.24) is 10.3 Å². The number of carbonyl (C=O) groups excluding carboxylic acids is 2. The minimum Gasteiger partial charge on any atom is -0.457 e. The number of nitrogens with zero attached hydrogens (tertiary/aromatic N) is 1. The highest BCUT2D eigenvalue weighted by Gasteiger charge is 2.21. The lowest BCUT2D eigenvalue weighted by Crippen LogP contribution is -2.46. The largest absolute Gasteiger partial charge is 0.457 e. The van der Waals surface area contributed by atoms with Gasteiger partial charge in [0.2, 0.25) is 11.8 Å². The van der Waals surface area contributed by atoms with Crippen molar-refractivity contribution >= 4 is 17.5 Å². The van der Waals surface area contributed by atoms with Gasteiger partial charge in [-0.2, -0.15) is 0 Å². The van der Waals surface area contributed by atoms with Crippen LogP contribution in [0.1, 0.15) is 17.5 Å². The van der Waals surface area contributed by atoms with Crippen molar-refractivity contribution in [3.8, 4) is 11.5 Å². The molecule has 4 aromatic rings. The van der Waals surface area contributed by atoms with Crippen molar-refractivity contribution in [3.63, 3.8) is 0 Å². The molecule has 1 aromatic heterocycles. The standard InChI is InChI=1S/C30H29N3O4/c34-29(18-13-23-10-7-19-31-20-23)33-28(22-36-21-24-8-3-1-4-9-24)30(35)32-25-14-16-27(17-15-25)37-26-11-5-2-6-12-26/h1-12,14-17,19-20,28H,13,18,21-22H2,(H,32,35)(H,33,34). The fraction of sp³-hybridized carbons (Fsp3) is 0.167. The number of rotatable bonds is 12. The molecule has 1 heterocycles. The monoisotopic (exact) mass is 495 g/mol. The number of hydrogen-bond acceptors (Lipinski definition) is 5. The molecular formula is C30H29N3O4. The van der Waals surface area contributed by atoms with Crippen LogP contribution >= 0.6 is 0 Å². The summed E-state index contributed by atoms with van der Waals surface area (Å²) in [4.78, 5) is 29.8. The normalized spacial score (nSPS) is 11.4. The number of aromatic nitrogens is 1. The Bertz CT molecular complexity index is 1250. The molecule has 188 valence electrons. The number of benzene rings is 3. The zero-order valence-electron chi connectivity index (χ0n) is 20.4. The maximum absolute atomic E-state index is 13.1. The molecule has 0 aliphatic rings. The van der Waals surface area contributed by atoms with E-state index in [-0.39, 0.29) is 24.8 Å². The second-order valence-electron chi connectivity index (χ2n) is 8.41. The molecule has 0 fully saturated rings. The van der Waals surface area contributed by atoms with Crippen molar-refractivity contribution in [2.75, 3.05) is 11.9 Å². The fourth-order valence-corrected chi connectivity index (χ4v) is 3.58. The third-order valence-electron chi connectivity index (χ3n) is 5.51. The molecule has 7 nitrogen and oxygen atoms in total. The van der Waals surface area contributed by atoms with Crippen LogP contribution in [0, 0.1) is 0 Å². The van der Waals surface area contributed by atoms with Crippen LogP contribution in [0.5, 0.6) is 11.5 Å². The molecule has 0 saturated heterocycles. The van der Waals surface area contributed by atoms with E-state index in [4.69, 9.17) is 9.47 Å². The number of para-hydroxylation sites is 1. The number of nitrogens with one attached hydrogen (secondary N) is 2. The van der Waals surface area contributed by atoms with Crippen molar-refractivity contribution in [2.45, 2.75) is 25.5 Å². The van der Waals surface area contributed by atoms with Gasteiger partial charge < -0.3 is 20.1 Å². The van der Waals surface area contributed by atoms with Crippen LogP contribution in [0.25, 0.3) is 0 Å². The maximum atomic E-state index is 13.1. The second kappa shape index (κ2) is 13.6. The summed E-state index contributed by atoms with van der Waals surface area (Å²) in [6.07, 6.45) is 4.18. The average molecular weight is 496 g/mol. The summed E-state index contributed by atoms with van der Waals surface area (Å²) >= 11 is 0. The van der Waals surface area contributed by atoms with Crippen molar-refractivity contribution in [3.05, 3.63) is 121 Å². The summed E-state index contributed by atoms with van der Waals surface area (Å²) in [6.45, 7) is 0.371. The lowest BCUT2D eigenvalue weighted by Gasteiger charge is -2.19. The molecule has 0 bridgehead atoms. The predicted octanol–water partition coefficient (Wildman–Crippen LogP) is 5.15. The predicted molar refractivity (Wildman–Crippen MR) is 142 cm³/mol. The zero-order valence-corrected chi connectivity index (χ0v) is 20.4. The number of anilines is 1. The Hall–Kier alpha value is -4.49. The first-order valence-corrected chi connectivity index (χ1v) is 12.1. The maximum Gasteiger partial charge on any atom is 0.249 e. The first kappa shape index (κ1) is 25.6. The highest BCUT2D eigenvalue weighted by atomic mass is 16.5. The molecule has 0 saturated carbocycles. The SMILES string of the molecule is O=C(CCc1cccnc1)NC(COCc1ccccc1)C(=O)Nc1ccc(Oc2ccccc2)cc1. The molecule has 1 atom stereocenters. The van der Waals surface area contributed by atoms with E-state index in [2.05, 4.69) is 15.6 Å². The highest BCUT2D eigenvalue weighted by molar-refractivity contribution is 5.97. The minimum atomic E-state index is -0.856. The molecule has 2 N–H and O–H groups in total. The van der Waals surface area contributed by atoms with E-state index in [9.17, 15) is 9.59 Å². The third kappa shape index (κ3) is 8.59. The van der Waals surface area contributed by atoms with Gasteiger partial charge in [0.05, 0.1) is 13.2 Å². The van der Waals surface area contributed by atoms with Gasteiger partial charge >= 0.3 is 0 Å². The number of ether oxygens (including phenoxy) is 2. The third-order valence-corrected chi connectivity index (χ3v) is 5.51. The van der Waals surface area contributed by atoms with Gasteiger partial charge in [0.15, 0.2) is 0 Å². The van der Waals surface area contributed by atoms with E-state index >= 15 is 0 Å². The van der Waals surface area contributed by atoms with Crippen molar-refractivity contribution < 1.29 is 19.1 Å². The summed E-state index contributed by atoms with van der Waals surface area (Å²) in [6, 6.07) is 29.1. The molecule has 0 aliphatic heterocycles. The lowest BCUT2D eigenvalue weighted by molar-refractivity contribution is -0.128. The molecule has 7 heteroatoms. The Labute approximate surface area is 216 Å². The quantitative estimate of drug-likeness (QED) is 0.284. The van der Waals surface area contributed by atoms with Gasteiger partial charge in [-0.1, -0.05) is 54.6 Å². The van der Waals surface area contributed by atoms with E-state index in [0.717, 1.165) is 16.9 Å². The molecule has 4 rings (SSSR count). The Kier molecular flexibility index (Phi) is 9.38. The molecule has 1 unspecified atom stereocenters. The van der Waals surface area contributed by atoms with Crippen molar-refractivity contribution in [2.24, 2.45) is 0 Å². The first-order chi connectivity index (χ1) is 18.2. The van der Waals surface area contributed by atoms with Crippen LogP contribution in [0.4, 0.5) is 5.69 Å². The average Bonchev–Trinajstić information content (AvgIpc) is 2.94. The van der Waals surface area contributed by atoms with Gasteiger partial charge in [0, 0.05) is 24.5 Å². The lowest BCUT2D eigenvalue weighted by atomic mass is 10.1. The summed E-state index contributed by atoms with van der Waals surface area (Å²) in [7, 11) is 0. The zero-order chi connectivity index (χ0) is 25.7. The van der Waals surface area contributed by atoms with Crippen LogP contribution in [0.15, 0.2) is 109 Å². The van der Waals surface area contributed by atoms with Gasteiger partial charge in [-0.15, -0.1) is 0 Å². The number of pyridine rings is 1. The molecule has 0 aliphatic carbocycles. The topological polar surface area (TPSA) is 89.5 Å². The summed E-state index contributed by atoms with van der Waals surface area (Å²) in [5, 5.41) is 5.68. The van der Waals surface area contributed by atoms with E-state index in [1.807, 2.05) is 72.8 Å². The van der Waals surface area contributed by atoms with E-state index in [0.29, 0.717) is 24.5 Å².